The van der Waals surface area contributed by atoms with Crippen LogP contribution in [-0.2, 0) is 0 Å². The highest BCUT2D eigenvalue weighted by Crippen LogP contribution is 2.37. The van der Waals surface area contributed by atoms with Gasteiger partial charge in [-0.2, -0.15) is 0 Å². The first kappa shape index (κ1) is 12.2. The molecule has 0 aromatic heterocycles. The monoisotopic (exact) mass is 226 g/mol. The van der Waals surface area contributed by atoms with E-state index < -0.39 is 8.32 Å². The van der Waals surface area contributed by atoms with E-state index in [4.69, 9.17) is 4.43 Å². The molecule has 0 spiro atoms. The third-order valence-electron chi connectivity index (χ3n) is 2.99. The number of hydrogen-bond acceptors (Lipinski definition) is 1. The summed E-state index contributed by atoms with van der Waals surface area (Å²) in [4.78, 5) is 0. The quantitative estimate of drug-likeness (QED) is 0.686. The Hall–Kier alpha value is -0.833. The summed E-state index contributed by atoms with van der Waals surface area (Å²) in [5.74, 6) is 0.542. The van der Waals surface area contributed by atoms with Crippen molar-refractivity contribution >= 4 is 8.32 Å². The molecule has 84 valence electrons. The molecule has 15 heavy (non-hydrogen) atoms. The van der Waals surface area contributed by atoms with E-state index in [0.29, 0.717) is 0 Å². The zero-order chi connectivity index (χ0) is 11.7. The van der Waals surface area contributed by atoms with Crippen molar-refractivity contribution in [2.75, 3.05) is 0 Å². The molecule has 0 bridgehead atoms. The lowest BCUT2D eigenvalue weighted by Crippen LogP contribution is -2.43. The molecule has 3 heteroatoms. The number of halogens is 1. The standard InChI is InChI=1S/C12H19FOSi/c1-12(2,3)15(4,5)14-11-8-6-10(13)7-9-11/h6-9H,1-5H3. The Morgan fingerprint density at radius 3 is 1.93 bits per heavy atom. The summed E-state index contributed by atoms with van der Waals surface area (Å²) in [6.07, 6.45) is 0. The first-order valence-corrected chi connectivity index (χ1v) is 8.08. The Bertz CT molecular complexity index is 324. The van der Waals surface area contributed by atoms with Gasteiger partial charge < -0.3 is 4.43 Å². The van der Waals surface area contributed by atoms with Crippen LogP contribution in [-0.4, -0.2) is 8.32 Å². The summed E-state index contributed by atoms with van der Waals surface area (Å²) in [6, 6.07) is 6.25. The Kier molecular flexibility index (Phi) is 3.24. The van der Waals surface area contributed by atoms with E-state index in [-0.39, 0.29) is 10.9 Å². The van der Waals surface area contributed by atoms with Crippen molar-refractivity contribution in [1.29, 1.82) is 0 Å². The van der Waals surface area contributed by atoms with E-state index >= 15 is 0 Å². The van der Waals surface area contributed by atoms with Gasteiger partial charge in [-0.3, -0.25) is 0 Å². The predicted octanol–water partition coefficient (Wildman–Crippen LogP) is 4.21. The lowest BCUT2D eigenvalue weighted by Gasteiger charge is -2.36. The minimum Gasteiger partial charge on any atom is -0.543 e. The van der Waals surface area contributed by atoms with Crippen molar-refractivity contribution in [3.05, 3.63) is 30.1 Å². The minimum absolute atomic E-state index is 0.168. The molecule has 1 aromatic carbocycles. The van der Waals surface area contributed by atoms with Gasteiger partial charge in [0.2, 0.25) is 8.32 Å². The van der Waals surface area contributed by atoms with Crippen molar-refractivity contribution in [3.8, 4) is 5.75 Å². The van der Waals surface area contributed by atoms with Crippen LogP contribution in [0.4, 0.5) is 4.39 Å². The van der Waals surface area contributed by atoms with Crippen LogP contribution in [0.3, 0.4) is 0 Å². The molecule has 0 saturated heterocycles. The molecule has 0 atom stereocenters. The van der Waals surface area contributed by atoms with Gasteiger partial charge >= 0.3 is 0 Å². The SMILES string of the molecule is CC(C)(C)[Si](C)(C)Oc1ccc(F)cc1. The third-order valence-corrected chi connectivity index (χ3v) is 7.35. The molecule has 0 fully saturated rings. The normalized spacial score (nSPS) is 12.7. The van der Waals surface area contributed by atoms with E-state index in [9.17, 15) is 4.39 Å². The fourth-order valence-electron chi connectivity index (χ4n) is 0.950. The first-order chi connectivity index (χ1) is 6.72. The fourth-order valence-corrected chi connectivity index (χ4v) is 1.98. The van der Waals surface area contributed by atoms with Gasteiger partial charge in [0.25, 0.3) is 0 Å². The Morgan fingerprint density at radius 1 is 1.07 bits per heavy atom. The number of benzene rings is 1. The Labute approximate surface area is 92.4 Å². The van der Waals surface area contributed by atoms with Crippen LogP contribution >= 0.6 is 0 Å². The van der Waals surface area contributed by atoms with Crippen molar-refractivity contribution in [2.24, 2.45) is 0 Å². The zero-order valence-electron chi connectivity index (χ0n) is 10.1. The molecule has 1 nitrogen and oxygen atoms in total. The molecule has 0 heterocycles. The summed E-state index contributed by atoms with van der Waals surface area (Å²) < 4.78 is 18.7. The molecule has 0 saturated carbocycles. The largest absolute Gasteiger partial charge is 0.543 e. The van der Waals surface area contributed by atoms with Gasteiger partial charge in [0.1, 0.15) is 11.6 Å². The predicted molar refractivity (Wildman–Crippen MR) is 64.2 cm³/mol. The highest BCUT2D eigenvalue weighted by atomic mass is 28.4. The van der Waals surface area contributed by atoms with Crippen LogP contribution in [0.1, 0.15) is 20.8 Å². The summed E-state index contributed by atoms with van der Waals surface area (Å²) in [5.41, 5.74) is 0. The zero-order valence-corrected chi connectivity index (χ0v) is 11.1. The Morgan fingerprint density at radius 2 is 1.53 bits per heavy atom. The summed E-state index contributed by atoms with van der Waals surface area (Å²) in [7, 11) is -1.79. The Balaban J connectivity index is 2.82. The second-order valence-electron chi connectivity index (χ2n) is 5.32. The van der Waals surface area contributed by atoms with E-state index in [1.54, 1.807) is 12.1 Å². The molecule has 0 aliphatic rings. The van der Waals surface area contributed by atoms with E-state index in [1.807, 2.05) is 0 Å². The second-order valence-corrected chi connectivity index (χ2v) is 10.0. The van der Waals surface area contributed by atoms with Crippen LogP contribution in [0.5, 0.6) is 5.75 Å². The van der Waals surface area contributed by atoms with E-state index in [0.717, 1.165) is 5.75 Å². The van der Waals surface area contributed by atoms with Gasteiger partial charge in [0.15, 0.2) is 0 Å². The molecule has 1 rings (SSSR count). The maximum atomic E-state index is 12.7. The highest BCUT2D eigenvalue weighted by Gasteiger charge is 2.38. The molecule has 0 amide bonds. The smallest absolute Gasteiger partial charge is 0.250 e. The maximum absolute atomic E-state index is 12.7. The van der Waals surface area contributed by atoms with E-state index in [2.05, 4.69) is 33.9 Å². The lowest BCUT2D eigenvalue weighted by molar-refractivity contribution is 0.490. The van der Waals surface area contributed by atoms with Gasteiger partial charge in [0, 0.05) is 0 Å². The molecule has 0 aliphatic carbocycles. The summed E-state index contributed by atoms with van der Waals surface area (Å²) >= 11 is 0. The van der Waals surface area contributed by atoms with Gasteiger partial charge in [-0.25, -0.2) is 4.39 Å². The van der Waals surface area contributed by atoms with Crippen LogP contribution in [0.15, 0.2) is 24.3 Å². The van der Waals surface area contributed by atoms with Crippen LogP contribution in [0.2, 0.25) is 18.1 Å². The highest BCUT2D eigenvalue weighted by molar-refractivity contribution is 6.74. The topological polar surface area (TPSA) is 9.23 Å². The van der Waals surface area contributed by atoms with Gasteiger partial charge in [-0.1, -0.05) is 20.8 Å². The fraction of sp³-hybridized carbons (Fsp3) is 0.500. The van der Waals surface area contributed by atoms with Crippen molar-refractivity contribution in [3.63, 3.8) is 0 Å². The number of rotatable bonds is 2. The molecule has 1 aromatic rings. The van der Waals surface area contributed by atoms with Crippen LogP contribution in [0.25, 0.3) is 0 Å². The van der Waals surface area contributed by atoms with Gasteiger partial charge in [-0.05, 0) is 42.4 Å². The van der Waals surface area contributed by atoms with Crippen LogP contribution < -0.4 is 4.43 Å². The maximum Gasteiger partial charge on any atom is 0.250 e. The molecular formula is C12H19FOSi. The summed E-state index contributed by atoms with van der Waals surface area (Å²) in [6.45, 7) is 10.9. The van der Waals surface area contributed by atoms with Gasteiger partial charge in [-0.15, -0.1) is 0 Å². The first-order valence-electron chi connectivity index (χ1n) is 5.17. The molecule has 0 N–H and O–H groups in total. The average Bonchev–Trinajstić information content (AvgIpc) is 2.06. The molecule has 0 unspecified atom stereocenters. The minimum atomic E-state index is -1.79. The molecule has 0 radical (unpaired) electrons. The summed E-state index contributed by atoms with van der Waals surface area (Å²) in [5, 5.41) is 0.168. The van der Waals surface area contributed by atoms with Crippen molar-refractivity contribution in [1.82, 2.24) is 0 Å². The van der Waals surface area contributed by atoms with Gasteiger partial charge in [0.05, 0.1) is 0 Å². The van der Waals surface area contributed by atoms with Crippen molar-refractivity contribution in [2.45, 2.75) is 38.9 Å². The van der Waals surface area contributed by atoms with E-state index in [1.165, 1.54) is 12.1 Å². The van der Waals surface area contributed by atoms with Crippen LogP contribution in [0, 0.1) is 5.82 Å². The lowest BCUT2D eigenvalue weighted by atomic mass is 10.2. The molecular weight excluding hydrogens is 207 g/mol. The van der Waals surface area contributed by atoms with Crippen molar-refractivity contribution < 1.29 is 8.82 Å². The molecule has 0 aliphatic heterocycles. The average molecular weight is 226 g/mol. The number of hydrogen-bond donors (Lipinski definition) is 0. The second kappa shape index (κ2) is 3.97. The third kappa shape index (κ3) is 3.06.